The fourth-order valence-corrected chi connectivity index (χ4v) is 6.24. The summed E-state index contributed by atoms with van der Waals surface area (Å²) in [6.45, 7) is 4.31. The Kier molecular flexibility index (Phi) is 7.79. The van der Waals surface area contributed by atoms with Gasteiger partial charge in [-0.2, -0.15) is 0 Å². The number of hydrogen-bond acceptors (Lipinski definition) is 8. The van der Waals surface area contributed by atoms with E-state index in [1.165, 1.54) is 24.8 Å². The molecule has 6 rings (SSSR count). The summed E-state index contributed by atoms with van der Waals surface area (Å²) in [5, 5.41) is 14.0. The number of methoxy groups -OCH3 is 2. The Labute approximate surface area is 233 Å². The molecule has 0 unspecified atom stereocenters. The highest BCUT2D eigenvalue weighted by molar-refractivity contribution is 5.83. The third-order valence-electron chi connectivity index (χ3n) is 8.38. The van der Waals surface area contributed by atoms with E-state index in [4.69, 9.17) is 9.47 Å². The Morgan fingerprint density at radius 3 is 2.40 bits per heavy atom. The number of H-pyrrole nitrogens is 1. The smallest absolute Gasteiger partial charge is 0.253 e. The fraction of sp³-hybridized carbons (Fsp3) is 0.467. The van der Waals surface area contributed by atoms with Crippen LogP contribution in [0.25, 0.3) is 10.9 Å². The summed E-state index contributed by atoms with van der Waals surface area (Å²) < 4.78 is 13.0. The summed E-state index contributed by atoms with van der Waals surface area (Å²) in [4.78, 5) is 21.6. The maximum atomic E-state index is 13.7. The molecule has 10 nitrogen and oxygen atoms in total. The summed E-state index contributed by atoms with van der Waals surface area (Å²) in [6, 6.07) is 16.1. The van der Waals surface area contributed by atoms with Gasteiger partial charge in [-0.15, -0.1) is 5.10 Å². The van der Waals surface area contributed by atoms with Gasteiger partial charge in [-0.25, -0.2) is 4.68 Å². The van der Waals surface area contributed by atoms with Gasteiger partial charge >= 0.3 is 0 Å². The summed E-state index contributed by atoms with van der Waals surface area (Å²) in [5.74, 6) is 1.94. The molecule has 1 N–H and O–H groups in total. The largest absolute Gasteiger partial charge is 0.493 e. The molecule has 2 aromatic heterocycles. The van der Waals surface area contributed by atoms with Crippen molar-refractivity contribution in [2.45, 2.75) is 50.7 Å². The molecule has 0 radical (unpaired) electrons. The molecule has 0 amide bonds. The number of nitrogens with zero attached hydrogens (tertiary/aromatic N) is 6. The summed E-state index contributed by atoms with van der Waals surface area (Å²) >= 11 is 0. The Bertz CT molecular complexity index is 1490. The molecule has 1 saturated heterocycles. The first-order valence-electron chi connectivity index (χ1n) is 14.2. The lowest BCUT2D eigenvalue weighted by atomic mass is 9.95. The molecule has 1 saturated carbocycles. The molecule has 4 aromatic rings. The lowest BCUT2D eigenvalue weighted by Gasteiger charge is -2.39. The van der Waals surface area contributed by atoms with Crippen LogP contribution in [0.3, 0.4) is 0 Å². The van der Waals surface area contributed by atoms with Gasteiger partial charge in [-0.05, 0) is 41.0 Å². The van der Waals surface area contributed by atoms with E-state index in [0.29, 0.717) is 22.6 Å². The molecule has 3 heterocycles. The van der Waals surface area contributed by atoms with Crippen LogP contribution in [0.15, 0.2) is 53.3 Å². The van der Waals surface area contributed by atoms with Crippen molar-refractivity contribution < 1.29 is 9.47 Å². The van der Waals surface area contributed by atoms with Gasteiger partial charge < -0.3 is 14.5 Å². The second kappa shape index (κ2) is 11.8. The van der Waals surface area contributed by atoms with Crippen LogP contribution in [0.5, 0.6) is 11.5 Å². The Hall–Kier alpha value is -3.76. The third kappa shape index (κ3) is 5.33. The van der Waals surface area contributed by atoms with Crippen molar-refractivity contribution in [1.82, 2.24) is 35.0 Å². The third-order valence-corrected chi connectivity index (χ3v) is 8.38. The zero-order valence-electron chi connectivity index (χ0n) is 23.3. The van der Waals surface area contributed by atoms with E-state index >= 15 is 0 Å². The number of hydrogen-bond donors (Lipinski definition) is 1. The molecule has 10 heteroatoms. The average Bonchev–Trinajstić information content (AvgIpc) is 3.48. The summed E-state index contributed by atoms with van der Waals surface area (Å²) in [7, 11) is 3.21. The van der Waals surface area contributed by atoms with Crippen LogP contribution in [0.2, 0.25) is 0 Å². The lowest BCUT2D eigenvalue weighted by Crippen LogP contribution is -2.48. The van der Waals surface area contributed by atoms with E-state index in [0.717, 1.165) is 56.8 Å². The number of ether oxygens (including phenoxy) is 2. The van der Waals surface area contributed by atoms with E-state index in [2.05, 4.69) is 60.6 Å². The zero-order chi connectivity index (χ0) is 27.5. The molecule has 0 bridgehead atoms. The van der Waals surface area contributed by atoms with Gasteiger partial charge in [0.05, 0.1) is 25.8 Å². The minimum absolute atomic E-state index is 0.144. The van der Waals surface area contributed by atoms with Gasteiger partial charge in [-0.1, -0.05) is 49.6 Å². The van der Waals surface area contributed by atoms with Gasteiger partial charge in [0.15, 0.2) is 17.3 Å². The van der Waals surface area contributed by atoms with Crippen LogP contribution in [0, 0.1) is 0 Å². The van der Waals surface area contributed by atoms with Crippen molar-refractivity contribution >= 4 is 10.9 Å². The maximum Gasteiger partial charge on any atom is 0.253 e. The monoisotopic (exact) mass is 543 g/mol. The number of nitrogens with one attached hydrogen (secondary N) is 1. The number of rotatable bonds is 8. The standard InChI is InChI=1S/C30H37N7O3/c1-39-26-18-22-17-24(30(38)31-25(22)19-27(26)40-2)28(29-32-33-34-37(29)23-11-7-4-8-12-23)36-15-13-35(14-16-36)20-21-9-5-3-6-10-21/h3,5-6,9-10,17-19,23,28H,4,7-8,11-16,20H2,1-2H3,(H,31,38)/t28-/m1/s1. The number of pyridine rings is 1. The first-order chi connectivity index (χ1) is 19.6. The molecule has 2 aliphatic rings. The molecule has 2 fully saturated rings. The van der Waals surface area contributed by atoms with Crippen molar-refractivity contribution in [3.8, 4) is 11.5 Å². The predicted molar refractivity (Wildman–Crippen MR) is 153 cm³/mol. The number of benzene rings is 2. The molecule has 40 heavy (non-hydrogen) atoms. The quantitative estimate of drug-likeness (QED) is 0.357. The molecule has 210 valence electrons. The number of fused-ring (bicyclic) bond motifs is 1. The van der Waals surface area contributed by atoms with Crippen LogP contribution in [-0.2, 0) is 6.54 Å². The Balaban J connectivity index is 1.37. The van der Waals surface area contributed by atoms with E-state index in [9.17, 15) is 4.79 Å². The lowest BCUT2D eigenvalue weighted by molar-refractivity contribution is 0.0982. The van der Waals surface area contributed by atoms with Crippen LogP contribution in [0.4, 0.5) is 0 Å². The fourth-order valence-electron chi connectivity index (χ4n) is 6.24. The molecule has 0 spiro atoms. The topological polar surface area (TPSA) is 101 Å². The van der Waals surface area contributed by atoms with Gasteiger partial charge in [0, 0.05) is 49.7 Å². The number of piperazine rings is 1. The molecule has 1 aliphatic carbocycles. The zero-order valence-corrected chi connectivity index (χ0v) is 23.3. The average molecular weight is 544 g/mol. The van der Waals surface area contributed by atoms with Crippen molar-refractivity contribution in [3.63, 3.8) is 0 Å². The minimum Gasteiger partial charge on any atom is -0.493 e. The Morgan fingerprint density at radius 1 is 0.950 bits per heavy atom. The molecule has 1 aliphatic heterocycles. The van der Waals surface area contributed by atoms with E-state index in [1.807, 2.05) is 22.9 Å². The van der Waals surface area contributed by atoms with E-state index < -0.39 is 0 Å². The summed E-state index contributed by atoms with van der Waals surface area (Å²) in [5.41, 5.74) is 2.51. The van der Waals surface area contributed by atoms with Crippen LogP contribution in [-0.4, -0.2) is 75.4 Å². The first kappa shape index (κ1) is 26.5. The van der Waals surface area contributed by atoms with Crippen molar-refractivity contribution in [1.29, 1.82) is 0 Å². The highest BCUT2D eigenvalue weighted by Crippen LogP contribution is 2.35. The van der Waals surface area contributed by atoms with Gasteiger partial charge in [-0.3, -0.25) is 14.6 Å². The minimum atomic E-state index is -0.364. The number of aromatic nitrogens is 5. The van der Waals surface area contributed by atoms with Gasteiger partial charge in [0.1, 0.15) is 6.04 Å². The SMILES string of the molecule is COc1cc2cc([C@H](c3nnnn3C3CCCCC3)N3CCN(Cc4ccccc4)CC3)c(=O)[nH]c2cc1OC. The maximum absolute atomic E-state index is 13.7. The summed E-state index contributed by atoms with van der Waals surface area (Å²) in [6.07, 6.45) is 5.70. The normalized spacial score (nSPS) is 18.1. The van der Waals surface area contributed by atoms with Crippen LogP contribution in [0.1, 0.15) is 61.1 Å². The second-order valence-corrected chi connectivity index (χ2v) is 10.8. The number of aromatic amines is 1. The molecule has 1 atom stereocenters. The van der Waals surface area contributed by atoms with E-state index in [-0.39, 0.29) is 17.6 Å². The van der Waals surface area contributed by atoms with Crippen molar-refractivity contribution in [2.24, 2.45) is 0 Å². The molecule has 2 aromatic carbocycles. The van der Waals surface area contributed by atoms with Crippen molar-refractivity contribution in [2.75, 3.05) is 40.4 Å². The van der Waals surface area contributed by atoms with Crippen LogP contribution < -0.4 is 15.0 Å². The van der Waals surface area contributed by atoms with Crippen LogP contribution >= 0.6 is 0 Å². The molecular weight excluding hydrogens is 506 g/mol. The predicted octanol–water partition coefficient (Wildman–Crippen LogP) is 3.94. The first-order valence-corrected chi connectivity index (χ1v) is 14.2. The van der Waals surface area contributed by atoms with Crippen molar-refractivity contribution in [3.05, 3.63) is 75.8 Å². The molecular formula is C30H37N7O3. The second-order valence-electron chi connectivity index (χ2n) is 10.8. The number of tetrazole rings is 1. The van der Waals surface area contributed by atoms with E-state index in [1.54, 1.807) is 14.2 Å². The highest BCUT2D eigenvalue weighted by Gasteiger charge is 2.34. The van der Waals surface area contributed by atoms with Gasteiger partial charge in [0.25, 0.3) is 5.56 Å². The van der Waals surface area contributed by atoms with Gasteiger partial charge in [0.2, 0.25) is 0 Å². The highest BCUT2D eigenvalue weighted by atomic mass is 16.5. The Morgan fingerprint density at radius 2 is 1.68 bits per heavy atom.